The fraction of sp³-hybridized carbons (Fsp3) is 0.278. The molecule has 6 nitrogen and oxygen atoms in total. The monoisotopic (exact) mass is 359 g/mol. The molecule has 0 atom stereocenters. The van der Waals surface area contributed by atoms with Crippen LogP contribution in [0.2, 0.25) is 5.15 Å². The Balaban J connectivity index is 1.94. The van der Waals surface area contributed by atoms with Gasteiger partial charge >= 0.3 is 6.09 Å². The number of carboxylic acid groups (broad SMARTS) is 1. The number of hydrogen-bond donors (Lipinski definition) is 1. The third kappa shape index (κ3) is 3.58. The second-order valence-corrected chi connectivity index (χ2v) is 6.55. The van der Waals surface area contributed by atoms with E-state index in [1.165, 1.54) is 11.1 Å². The van der Waals surface area contributed by atoms with Crippen LogP contribution >= 0.6 is 11.6 Å². The van der Waals surface area contributed by atoms with Crippen molar-refractivity contribution < 1.29 is 14.7 Å². The van der Waals surface area contributed by atoms with E-state index in [0.717, 1.165) is 12.8 Å². The summed E-state index contributed by atoms with van der Waals surface area (Å²) in [5, 5.41) is 9.66. The van der Waals surface area contributed by atoms with E-state index >= 15 is 0 Å². The third-order valence-electron chi connectivity index (χ3n) is 4.57. The van der Waals surface area contributed by atoms with Crippen LogP contribution in [0.3, 0.4) is 0 Å². The number of pyridine rings is 1. The molecule has 0 radical (unpaired) electrons. The van der Waals surface area contributed by atoms with Gasteiger partial charge in [-0.3, -0.25) is 4.79 Å². The number of rotatable bonds is 5. The van der Waals surface area contributed by atoms with Gasteiger partial charge in [-0.05, 0) is 37.1 Å². The third-order valence-corrected chi connectivity index (χ3v) is 4.79. The zero-order chi connectivity index (χ0) is 18.0. The molecule has 0 spiro atoms. The van der Waals surface area contributed by atoms with Crippen LogP contribution in [0.25, 0.3) is 0 Å². The number of amides is 2. The van der Waals surface area contributed by atoms with Crippen molar-refractivity contribution in [1.29, 1.82) is 0 Å². The number of halogens is 1. The highest BCUT2D eigenvalue weighted by atomic mass is 35.5. The van der Waals surface area contributed by atoms with Crippen molar-refractivity contribution in [1.82, 2.24) is 9.88 Å². The van der Waals surface area contributed by atoms with Gasteiger partial charge in [0.25, 0.3) is 5.91 Å². The molecule has 1 fully saturated rings. The fourth-order valence-corrected chi connectivity index (χ4v) is 2.90. The molecule has 130 valence electrons. The second kappa shape index (κ2) is 6.72. The molecule has 0 aliphatic heterocycles. The first-order chi connectivity index (χ1) is 11.9. The lowest BCUT2D eigenvalue weighted by molar-refractivity contribution is 0.0964. The number of nitrogens with zero attached hydrogens (tertiary/aromatic N) is 3. The van der Waals surface area contributed by atoms with Crippen molar-refractivity contribution in [3.63, 3.8) is 0 Å². The molecule has 1 aliphatic rings. The van der Waals surface area contributed by atoms with Crippen molar-refractivity contribution >= 4 is 29.3 Å². The molecule has 0 unspecified atom stereocenters. The van der Waals surface area contributed by atoms with E-state index < -0.39 is 11.6 Å². The van der Waals surface area contributed by atoms with Gasteiger partial charge in [-0.25, -0.2) is 9.78 Å². The van der Waals surface area contributed by atoms with Gasteiger partial charge in [0.2, 0.25) is 0 Å². The largest absolute Gasteiger partial charge is 0.465 e. The summed E-state index contributed by atoms with van der Waals surface area (Å²) in [6.45, 7) is 0.271. The molecule has 1 aliphatic carbocycles. The summed E-state index contributed by atoms with van der Waals surface area (Å²) in [4.78, 5) is 31.3. The van der Waals surface area contributed by atoms with E-state index in [-0.39, 0.29) is 12.5 Å². The van der Waals surface area contributed by atoms with E-state index in [1.54, 1.807) is 48.3 Å². The molecular weight excluding hydrogens is 342 g/mol. The van der Waals surface area contributed by atoms with Crippen LogP contribution in [0.5, 0.6) is 0 Å². The zero-order valence-electron chi connectivity index (χ0n) is 13.7. The lowest BCUT2D eigenvalue weighted by atomic mass is 10.1. The number of benzene rings is 1. The average molecular weight is 360 g/mol. The summed E-state index contributed by atoms with van der Waals surface area (Å²) in [6, 6.07) is 12.2. The molecule has 3 rings (SSSR count). The van der Waals surface area contributed by atoms with E-state index in [4.69, 9.17) is 11.6 Å². The van der Waals surface area contributed by atoms with Gasteiger partial charge in [-0.15, -0.1) is 0 Å². The van der Waals surface area contributed by atoms with Gasteiger partial charge in [0.05, 0.1) is 17.4 Å². The molecular formula is C18H18ClN3O3. The van der Waals surface area contributed by atoms with Crippen molar-refractivity contribution in [2.24, 2.45) is 0 Å². The van der Waals surface area contributed by atoms with Crippen molar-refractivity contribution in [2.45, 2.75) is 18.4 Å². The van der Waals surface area contributed by atoms with Gasteiger partial charge in [-0.2, -0.15) is 0 Å². The Kier molecular flexibility index (Phi) is 4.63. The molecule has 1 heterocycles. The predicted molar refractivity (Wildman–Crippen MR) is 95.1 cm³/mol. The number of carbonyl (C=O) groups excluding carboxylic acids is 1. The van der Waals surface area contributed by atoms with Crippen LogP contribution in [0, 0.1) is 0 Å². The van der Waals surface area contributed by atoms with E-state index in [0.29, 0.717) is 16.4 Å². The van der Waals surface area contributed by atoms with Crippen LogP contribution in [-0.4, -0.2) is 46.1 Å². The van der Waals surface area contributed by atoms with Gasteiger partial charge < -0.3 is 14.9 Å². The predicted octanol–water partition coefficient (Wildman–Crippen LogP) is 3.52. The molecule has 2 amide bonds. The van der Waals surface area contributed by atoms with Crippen molar-refractivity contribution in [3.05, 3.63) is 59.4 Å². The highest BCUT2D eigenvalue weighted by molar-refractivity contribution is 6.29. The van der Waals surface area contributed by atoms with E-state index in [9.17, 15) is 14.7 Å². The van der Waals surface area contributed by atoms with Crippen LogP contribution < -0.4 is 4.90 Å². The van der Waals surface area contributed by atoms with Crippen LogP contribution in [0.1, 0.15) is 23.2 Å². The molecule has 0 saturated heterocycles. The number of likely N-dealkylation sites (N-methyl/N-ethyl adjacent to an activating group) is 1. The molecule has 1 aromatic heterocycles. The minimum atomic E-state index is -1.00. The molecule has 1 N–H and O–H groups in total. The molecule has 7 heteroatoms. The number of anilines is 1. The number of aromatic nitrogens is 1. The lowest BCUT2D eigenvalue weighted by Gasteiger charge is -2.32. The maximum Gasteiger partial charge on any atom is 0.407 e. The van der Waals surface area contributed by atoms with Gasteiger partial charge in [0, 0.05) is 19.2 Å². The minimum Gasteiger partial charge on any atom is -0.465 e. The first kappa shape index (κ1) is 17.2. The SMILES string of the molecule is CN(C(=O)O)C1(CN(C(=O)c2ccccc2)c2ccc(Cl)nc2)CC1. The normalized spacial score (nSPS) is 14.6. The molecule has 0 bridgehead atoms. The molecule has 1 saturated carbocycles. The lowest BCUT2D eigenvalue weighted by Crippen LogP contribution is -2.48. The Morgan fingerprint density at radius 3 is 2.40 bits per heavy atom. The summed E-state index contributed by atoms with van der Waals surface area (Å²) in [5.41, 5.74) is 0.560. The van der Waals surface area contributed by atoms with Crippen molar-refractivity contribution in [2.75, 3.05) is 18.5 Å². The summed E-state index contributed by atoms with van der Waals surface area (Å²) >= 11 is 5.85. The topological polar surface area (TPSA) is 73.7 Å². The molecule has 25 heavy (non-hydrogen) atoms. The van der Waals surface area contributed by atoms with E-state index in [1.807, 2.05) is 6.07 Å². The average Bonchev–Trinajstić information content (AvgIpc) is 3.41. The Hall–Kier alpha value is -2.60. The standard InChI is InChI=1S/C18H18ClN3O3/c1-21(17(24)25)18(9-10-18)12-22(14-7-8-15(19)20-11-14)16(23)13-5-3-2-4-6-13/h2-8,11H,9-10,12H2,1H3,(H,24,25). The quantitative estimate of drug-likeness (QED) is 0.829. The Bertz CT molecular complexity index is 776. The maximum absolute atomic E-state index is 13.0. The highest BCUT2D eigenvalue weighted by Crippen LogP contribution is 2.42. The number of hydrogen-bond acceptors (Lipinski definition) is 3. The summed E-state index contributed by atoms with van der Waals surface area (Å²) in [5.74, 6) is -0.199. The molecule has 2 aromatic rings. The smallest absolute Gasteiger partial charge is 0.407 e. The Morgan fingerprint density at radius 2 is 1.88 bits per heavy atom. The summed E-state index contributed by atoms with van der Waals surface area (Å²) < 4.78 is 0. The fourth-order valence-electron chi connectivity index (χ4n) is 2.79. The Labute approximate surface area is 150 Å². The second-order valence-electron chi connectivity index (χ2n) is 6.16. The van der Waals surface area contributed by atoms with E-state index in [2.05, 4.69) is 4.98 Å². The minimum absolute atomic E-state index is 0.199. The highest BCUT2D eigenvalue weighted by Gasteiger charge is 2.50. The van der Waals surface area contributed by atoms with Crippen LogP contribution in [0.15, 0.2) is 48.7 Å². The Morgan fingerprint density at radius 1 is 1.20 bits per heavy atom. The van der Waals surface area contributed by atoms with Gasteiger partial charge in [0.1, 0.15) is 5.15 Å². The number of carbonyl (C=O) groups is 2. The van der Waals surface area contributed by atoms with Crippen LogP contribution in [-0.2, 0) is 0 Å². The van der Waals surface area contributed by atoms with Crippen LogP contribution in [0.4, 0.5) is 10.5 Å². The first-order valence-electron chi connectivity index (χ1n) is 7.88. The van der Waals surface area contributed by atoms with Gasteiger partial charge in [0.15, 0.2) is 0 Å². The van der Waals surface area contributed by atoms with Gasteiger partial charge in [-0.1, -0.05) is 29.8 Å². The maximum atomic E-state index is 13.0. The summed E-state index contributed by atoms with van der Waals surface area (Å²) in [6.07, 6.45) is 1.96. The summed E-state index contributed by atoms with van der Waals surface area (Å²) in [7, 11) is 1.54. The first-order valence-corrected chi connectivity index (χ1v) is 8.26. The molecule has 1 aromatic carbocycles. The zero-order valence-corrected chi connectivity index (χ0v) is 14.5. The van der Waals surface area contributed by atoms with Crippen molar-refractivity contribution in [3.8, 4) is 0 Å².